The van der Waals surface area contributed by atoms with Crippen LogP contribution >= 0.6 is 0 Å². The molecule has 0 N–H and O–H groups in total. The summed E-state index contributed by atoms with van der Waals surface area (Å²) in [6.07, 6.45) is 0.695. The fourth-order valence-electron chi connectivity index (χ4n) is 2.53. The summed E-state index contributed by atoms with van der Waals surface area (Å²) in [4.78, 5) is -0.157. The smallest absolute Gasteiger partial charge is 0.744 e. The minimum absolute atomic E-state index is 0. The molecule has 0 aromatic heterocycles. The van der Waals surface area contributed by atoms with Gasteiger partial charge < -0.3 is 4.55 Å². The first-order valence-electron chi connectivity index (χ1n) is 6.56. The summed E-state index contributed by atoms with van der Waals surface area (Å²) in [5.74, 6) is 0. The molecule has 0 aliphatic rings. The molecule has 3 aromatic rings. The van der Waals surface area contributed by atoms with Gasteiger partial charge in [0.25, 0.3) is 0 Å². The van der Waals surface area contributed by atoms with Gasteiger partial charge in [-0.1, -0.05) is 60.7 Å². The van der Waals surface area contributed by atoms with E-state index in [0.29, 0.717) is 11.8 Å². The Bertz CT molecular complexity index is 890. The minimum Gasteiger partial charge on any atom is -0.744 e. The van der Waals surface area contributed by atoms with Gasteiger partial charge in [-0.25, -0.2) is 8.42 Å². The Kier molecular flexibility index (Phi) is 5.42. The molecule has 0 aliphatic carbocycles. The SMILES string of the molecule is O=S(=O)([O-])c1cccc2c(Cc3ccccc3)cccc12.[Na+]. The van der Waals surface area contributed by atoms with Gasteiger partial charge in [-0.2, -0.15) is 0 Å². The second-order valence-corrected chi connectivity index (χ2v) is 6.23. The number of hydrogen-bond acceptors (Lipinski definition) is 3. The summed E-state index contributed by atoms with van der Waals surface area (Å²) in [7, 11) is -4.47. The zero-order valence-electron chi connectivity index (χ0n) is 12.2. The topological polar surface area (TPSA) is 57.2 Å². The second kappa shape index (κ2) is 6.94. The van der Waals surface area contributed by atoms with Gasteiger partial charge in [0.1, 0.15) is 10.1 Å². The van der Waals surface area contributed by atoms with Crippen molar-refractivity contribution < 1.29 is 42.5 Å². The van der Waals surface area contributed by atoms with Gasteiger partial charge in [0.2, 0.25) is 0 Å². The van der Waals surface area contributed by atoms with Crippen LogP contribution in [0.1, 0.15) is 11.1 Å². The third-order valence-corrected chi connectivity index (χ3v) is 4.37. The molecule has 0 heterocycles. The van der Waals surface area contributed by atoms with E-state index in [9.17, 15) is 13.0 Å². The van der Waals surface area contributed by atoms with Crippen LogP contribution in [0.5, 0.6) is 0 Å². The molecule has 0 saturated heterocycles. The van der Waals surface area contributed by atoms with E-state index in [-0.39, 0.29) is 34.5 Å². The van der Waals surface area contributed by atoms with E-state index in [1.54, 1.807) is 18.2 Å². The largest absolute Gasteiger partial charge is 1.00 e. The van der Waals surface area contributed by atoms with Crippen molar-refractivity contribution in [1.29, 1.82) is 0 Å². The van der Waals surface area contributed by atoms with Gasteiger partial charge >= 0.3 is 29.6 Å². The summed E-state index contributed by atoms with van der Waals surface area (Å²) in [5, 5.41) is 1.29. The molecule has 106 valence electrons. The summed E-state index contributed by atoms with van der Waals surface area (Å²) in [6, 6.07) is 20.2. The van der Waals surface area contributed by atoms with E-state index < -0.39 is 10.1 Å². The van der Waals surface area contributed by atoms with Gasteiger partial charge in [-0.15, -0.1) is 0 Å². The summed E-state index contributed by atoms with van der Waals surface area (Å²) in [6.45, 7) is 0. The van der Waals surface area contributed by atoms with Crippen molar-refractivity contribution in [3.05, 3.63) is 77.9 Å². The maximum atomic E-state index is 11.4. The average molecular weight is 320 g/mol. The molecule has 0 amide bonds. The predicted octanol–water partition coefficient (Wildman–Crippen LogP) is 0.339. The van der Waals surface area contributed by atoms with E-state index in [1.807, 2.05) is 42.5 Å². The molecule has 5 heteroatoms. The molecule has 0 atom stereocenters. The second-order valence-electron chi connectivity index (χ2n) is 4.88. The molecule has 0 bridgehead atoms. The van der Waals surface area contributed by atoms with Crippen molar-refractivity contribution in [2.45, 2.75) is 11.3 Å². The Balaban J connectivity index is 0.00000176. The third kappa shape index (κ3) is 3.59. The van der Waals surface area contributed by atoms with Gasteiger partial charge in [-0.3, -0.25) is 0 Å². The number of fused-ring (bicyclic) bond motifs is 1. The molecule has 0 fully saturated rings. The fourth-order valence-corrected chi connectivity index (χ4v) is 3.23. The number of benzene rings is 3. The van der Waals surface area contributed by atoms with Gasteiger partial charge in [0.15, 0.2) is 0 Å². The Morgan fingerprint density at radius 2 is 1.41 bits per heavy atom. The first-order valence-corrected chi connectivity index (χ1v) is 7.97. The Labute approximate surface area is 152 Å². The molecule has 3 aromatic carbocycles. The summed E-state index contributed by atoms with van der Waals surface area (Å²) >= 11 is 0. The van der Waals surface area contributed by atoms with Crippen molar-refractivity contribution >= 4 is 20.9 Å². The minimum atomic E-state index is -4.47. The van der Waals surface area contributed by atoms with Crippen LogP contribution in [0.3, 0.4) is 0 Å². The molecule has 3 rings (SSSR count). The van der Waals surface area contributed by atoms with E-state index in [1.165, 1.54) is 6.07 Å². The van der Waals surface area contributed by atoms with Crippen LogP contribution in [0.2, 0.25) is 0 Å². The Hall–Kier alpha value is -1.17. The molecular formula is C17H13NaO3S. The van der Waals surface area contributed by atoms with Crippen molar-refractivity contribution in [2.75, 3.05) is 0 Å². The Morgan fingerprint density at radius 1 is 0.773 bits per heavy atom. The van der Waals surface area contributed by atoms with Gasteiger partial charge in [0, 0.05) is 0 Å². The van der Waals surface area contributed by atoms with Crippen molar-refractivity contribution in [1.82, 2.24) is 0 Å². The van der Waals surface area contributed by atoms with E-state index in [4.69, 9.17) is 0 Å². The van der Waals surface area contributed by atoms with Crippen LogP contribution in [0.4, 0.5) is 0 Å². The quantitative estimate of drug-likeness (QED) is 0.516. The Morgan fingerprint density at radius 3 is 2.09 bits per heavy atom. The summed E-state index contributed by atoms with van der Waals surface area (Å²) in [5.41, 5.74) is 2.14. The van der Waals surface area contributed by atoms with Crippen LogP contribution in [-0.2, 0) is 16.5 Å². The van der Waals surface area contributed by atoms with E-state index in [0.717, 1.165) is 16.5 Å². The maximum absolute atomic E-state index is 11.4. The average Bonchev–Trinajstić information content (AvgIpc) is 2.47. The molecule has 0 aliphatic heterocycles. The van der Waals surface area contributed by atoms with Gasteiger partial charge in [-0.05, 0) is 34.4 Å². The molecular weight excluding hydrogens is 307 g/mol. The monoisotopic (exact) mass is 320 g/mol. The molecule has 0 saturated carbocycles. The summed E-state index contributed by atoms with van der Waals surface area (Å²) < 4.78 is 34.1. The maximum Gasteiger partial charge on any atom is 1.00 e. The fraction of sp³-hybridized carbons (Fsp3) is 0.0588. The normalized spacial score (nSPS) is 11.1. The predicted molar refractivity (Wildman–Crippen MR) is 81.2 cm³/mol. The first kappa shape index (κ1) is 17.2. The zero-order chi connectivity index (χ0) is 14.9. The van der Waals surface area contributed by atoms with Crippen LogP contribution in [0.15, 0.2) is 71.6 Å². The van der Waals surface area contributed by atoms with Gasteiger partial charge in [0.05, 0.1) is 4.90 Å². The molecule has 0 spiro atoms. The number of hydrogen-bond donors (Lipinski definition) is 0. The van der Waals surface area contributed by atoms with Crippen molar-refractivity contribution in [2.24, 2.45) is 0 Å². The molecule has 3 nitrogen and oxygen atoms in total. The van der Waals surface area contributed by atoms with Crippen LogP contribution in [0, 0.1) is 0 Å². The van der Waals surface area contributed by atoms with Crippen LogP contribution in [0.25, 0.3) is 10.8 Å². The van der Waals surface area contributed by atoms with E-state index in [2.05, 4.69) is 0 Å². The standard InChI is InChI=1S/C17H14O3S.Na/c18-21(19,20)17-11-5-9-15-14(8-4-10-16(15)17)12-13-6-2-1-3-7-13;/h1-11H,12H2,(H,18,19,20);/q;+1/p-1. The first-order chi connectivity index (χ1) is 10.1. The zero-order valence-corrected chi connectivity index (χ0v) is 15.0. The third-order valence-electron chi connectivity index (χ3n) is 3.48. The molecule has 22 heavy (non-hydrogen) atoms. The van der Waals surface area contributed by atoms with Crippen molar-refractivity contribution in [3.8, 4) is 0 Å². The van der Waals surface area contributed by atoms with Crippen LogP contribution < -0.4 is 29.6 Å². The molecule has 0 unspecified atom stereocenters. The van der Waals surface area contributed by atoms with Crippen LogP contribution in [-0.4, -0.2) is 13.0 Å². The van der Waals surface area contributed by atoms with E-state index >= 15 is 0 Å². The molecule has 0 radical (unpaired) electrons. The van der Waals surface area contributed by atoms with Crippen molar-refractivity contribution in [3.63, 3.8) is 0 Å². The number of rotatable bonds is 3.